The maximum atomic E-state index is 12.6. The van der Waals surface area contributed by atoms with Gasteiger partial charge >= 0.3 is 6.18 Å². The maximum Gasteiger partial charge on any atom is 0.453 e. The third-order valence-electron chi connectivity index (χ3n) is 3.33. The second kappa shape index (κ2) is 7.19. The number of nitro groups is 1. The number of carbonyl (C=O) groups is 1. The smallest absolute Gasteiger partial charge is 0.335 e. The number of nitrogens with zero attached hydrogens (tertiary/aromatic N) is 4. The third kappa shape index (κ3) is 4.22. The number of nitrogen functional groups attached to an aromatic ring is 1. The van der Waals surface area contributed by atoms with E-state index in [4.69, 9.17) is 5.84 Å². The standard InChI is InChI=1S/C13H13F3N6O3S/c1-6-3-8(9(22(24)25)4-7(6)2)18-10(23)5-26-12-20-19-11(21(12)17)13(14,15)16/h3-4H,5,17H2,1-2H3,(H,18,23). The fourth-order valence-corrected chi connectivity index (χ4v) is 2.59. The Kier molecular flexibility index (Phi) is 5.39. The fourth-order valence-electron chi connectivity index (χ4n) is 1.94. The Morgan fingerprint density at radius 1 is 1.35 bits per heavy atom. The van der Waals surface area contributed by atoms with Gasteiger partial charge in [0.25, 0.3) is 11.5 Å². The molecule has 2 rings (SSSR count). The van der Waals surface area contributed by atoms with Gasteiger partial charge in [-0.2, -0.15) is 13.2 Å². The topological polar surface area (TPSA) is 129 Å². The number of benzene rings is 1. The SMILES string of the molecule is Cc1cc(NC(=O)CSc2nnc(C(F)(F)F)n2N)c([N+](=O)[O-])cc1C. The molecule has 13 heteroatoms. The van der Waals surface area contributed by atoms with Crippen molar-refractivity contribution in [1.29, 1.82) is 0 Å². The molecule has 140 valence electrons. The number of alkyl halides is 3. The number of rotatable bonds is 5. The molecule has 0 unspecified atom stereocenters. The zero-order valence-corrected chi connectivity index (χ0v) is 14.3. The zero-order chi connectivity index (χ0) is 19.6. The van der Waals surface area contributed by atoms with Crippen molar-refractivity contribution in [3.8, 4) is 0 Å². The molecule has 0 spiro atoms. The van der Waals surface area contributed by atoms with E-state index in [1.54, 1.807) is 13.8 Å². The van der Waals surface area contributed by atoms with Gasteiger partial charge in [-0.3, -0.25) is 14.9 Å². The van der Waals surface area contributed by atoms with Crippen LogP contribution >= 0.6 is 11.8 Å². The predicted molar refractivity (Wildman–Crippen MR) is 87.1 cm³/mol. The van der Waals surface area contributed by atoms with Crippen LogP contribution in [0.4, 0.5) is 24.5 Å². The van der Waals surface area contributed by atoms with Gasteiger partial charge in [-0.05, 0) is 31.0 Å². The van der Waals surface area contributed by atoms with Gasteiger partial charge < -0.3 is 11.2 Å². The molecular weight excluding hydrogens is 377 g/mol. The number of amides is 1. The minimum absolute atomic E-state index is 0.00565. The summed E-state index contributed by atoms with van der Waals surface area (Å²) in [5.41, 5.74) is 1.12. The molecule has 2 aromatic rings. The lowest BCUT2D eigenvalue weighted by atomic mass is 10.1. The predicted octanol–water partition coefficient (Wildman–Crippen LogP) is 2.27. The van der Waals surface area contributed by atoms with Crippen molar-refractivity contribution in [2.45, 2.75) is 25.2 Å². The van der Waals surface area contributed by atoms with E-state index in [2.05, 4.69) is 15.5 Å². The molecule has 0 bridgehead atoms. The van der Waals surface area contributed by atoms with E-state index in [-0.39, 0.29) is 27.0 Å². The van der Waals surface area contributed by atoms with Crippen LogP contribution in [0.15, 0.2) is 17.3 Å². The van der Waals surface area contributed by atoms with E-state index >= 15 is 0 Å². The van der Waals surface area contributed by atoms with Gasteiger partial charge in [0.05, 0.1) is 10.7 Å². The molecule has 0 aliphatic rings. The molecule has 1 amide bonds. The average molecular weight is 390 g/mol. The lowest BCUT2D eigenvalue weighted by Crippen LogP contribution is -2.22. The van der Waals surface area contributed by atoms with Gasteiger partial charge in [0, 0.05) is 6.07 Å². The highest BCUT2D eigenvalue weighted by atomic mass is 32.2. The van der Waals surface area contributed by atoms with Crippen molar-refractivity contribution in [2.24, 2.45) is 0 Å². The number of hydrogen-bond donors (Lipinski definition) is 2. The van der Waals surface area contributed by atoms with Crippen molar-refractivity contribution in [2.75, 3.05) is 16.9 Å². The molecule has 1 aromatic carbocycles. The average Bonchev–Trinajstić information content (AvgIpc) is 2.89. The number of aryl methyl sites for hydroxylation is 2. The van der Waals surface area contributed by atoms with Crippen molar-refractivity contribution in [3.05, 3.63) is 39.2 Å². The summed E-state index contributed by atoms with van der Waals surface area (Å²) >= 11 is 0.615. The number of aromatic nitrogens is 3. The summed E-state index contributed by atoms with van der Waals surface area (Å²) in [6.45, 7) is 3.41. The number of nitrogens with two attached hydrogens (primary N) is 1. The minimum atomic E-state index is -4.77. The summed E-state index contributed by atoms with van der Waals surface area (Å²) < 4.78 is 38.0. The molecule has 0 radical (unpaired) electrons. The number of nitrogens with one attached hydrogen (secondary N) is 1. The Balaban J connectivity index is 2.10. The molecule has 0 aliphatic carbocycles. The van der Waals surface area contributed by atoms with E-state index < -0.39 is 22.8 Å². The van der Waals surface area contributed by atoms with Crippen LogP contribution in [0.25, 0.3) is 0 Å². The number of thioether (sulfide) groups is 1. The van der Waals surface area contributed by atoms with Crippen LogP contribution < -0.4 is 11.2 Å². The van der Waals surface area contributed by atoms with Crippen molar-refractivity contribution in [3.63, 3.8) is 0 Å². The molecule has 1 aromatic heterocycles. The Morgan fingerprint density at radius 2 is 1.96 bits per heavy atom. The molecule has 0 fully saturated rings. The van der Waals surface area contributed by atoms with Gasteiger partial charge in [0.1, 0.15) is 5.69 Å². The second-order valence-electron chi connectivity index (χ2n) is 5.22. The minimum Gasteiger partial charge on any atom is -0.335 e. The highest BCUT2D eigenvalue weighted by Gasteiger charge is 2.38. The molecule has 0 atom stereocenters. The van der Waals surface area contributed by atoms with E-state index in [1.807, 2.05) is 0 Å². The quantitative estimate of drug-likeness (QED) is 0.347. The summed E-state index contributed by atoms with van der Waals surface area (Å²) in [7, 11) is 0. The van der Waals surface area contributed by atoms with Gasteiger partial charge in [-0.1, -0.05) is 11.8 Å². The normalized spacial score (nSPS) is 11.4. The molecule has 9 nitrogen and oxygen atoms in total. The van der Waals surface area contributed by atoms with E-state index in [9.17, 15) is 28.1 Å². The second-order valence-corrected chi connectivity index (χ2v) is 6.16. The maximum absolute atomic E-state index is 12.6. The summed E-state index contributed by atoms with van der Waals surface area (Å²) in [5, 5.41) is 19.3. The zero-order valence-electron chi connectivity index (χ0n) is 13.5. The molecule has 3 N–H and O–H groups in total. The molecule has 1 heterocycles. The Hall–Kier alpha value is -2.83. The summed E-state index contributed by atoms with van der Waals surface area (Å²) in [6.07, 6.45) is -4.77. The first-order valence-electron chi connectivity index (χ1n) is 6.96. The Bertz CT molecular complexity index is 868. The van der Waals surface area contributed by atoms with Crippen molar-refractivity contribution >= 4 is 29.0 Å². The first-order chi connectivity index (χ1) is 12.0. The van der Waals surface area contributed by atoms with Gasteiger partial charge in [0.15, 0.2) is 0 Å². The van der Waals surface area contributed by atoms with Crippen LogP contribution in [0.2, 0.25) is 0 Å². The lowest BCUT2D eigenvalue weighted by Gasteiger charge is -2.09. The number of carbonyl (C=O) groups excluding carboxylic acids is 1. The van der Waals surface area contributed by atoms with Crippen LogP contribution in [-0.2, 0) is 11.0 Å². The van der Waals surface area contributed by atoms with Gasteiger partial charge in [-0.15, -0.1) is 10.2 Å². The van der Waals surface area contributed by atoms with E-state index in [1.165, 1.54) is 12.1 Å². The first-order valence-corrected chi connectivity index (χ1v) is 7.95. The van der Waals surface area contributed by atoms with Crippen LogP contribution in [0, 0.1) is 24.0 Å². The van der Waals surface area contributed by atoms with Gasteiger partial charge in [0.2, 0.25) is 11.1 Å². The van der Waals surface area contributed by atoms with Gasteiger partial charge in [-0.25, -0.2) is 4.68 Å². The number of halogens is 3. The molecular formula is C13H13F3N6O3S. The Morgan fingerprint density at radius 3 is 2.50 bits per heavy atom. The van der Waals surface area contributed by atoms with E-state index in [0.717, 1.165) is 5.56 Å². The molecule has 26 heavy (non-hydrogen) atoms. The third-order valence-corrected chi connectivity index (χ3v) is 4.28. The first kappa shape index (κ1) is 19.5. The Labute approximate surface area is 148 Å². The molecule has 0 saturated carbocycles. The molecule has 0 aliphatic heterocycles. The number of nitro benzene ring substituents is 1. The van der Waals surface area contributed by atoms with Crippen LogP contribution in [-0.4, -0.2) is 31.5 Å². The highest BCUT2D eigenvalue weighted by Crippen LogP contribution is 2.30. The van der Waals surface area contributed by atoms with Crippen molar-refractivity contribution < 1.29 is 22.9 Å². The van der Waals surface area contributed by atoms with E-state index in [0.29, 0.717) is 17.3 Å². The summed E-state index contributed by atoms with van der Waals surface area (Å²) in [5.74, 6) is 2.83. The van der Waals surface area contributed by atoms with Crippen LogP contribution in [0.3, 0.4) is 0 Å². The fraction of sp³-hybridized carbons (Fsp3) is 0.308. The number of anilines is 1. The van der Waals surface area contributed by atoms with Crippen LogP contribution in [0.1, 0.15) is 17.0 Å². The summed E-state index contributed by atoms with van der Waals surface area (Å²) in [4.78, 5) is 22.5. The summed E-state index contributed by atoms with van der Waals surface area (Å²) in [6, 6.07) is 2.77. The lowest BCUT2D eigenvalue weighted by molar-refractivity contribution is -0.384. The van der Waals surface area contributed by atoms with Crippen molar-refractivity contribution in [1.82, 2.24) is 14.9 Å². The monoisotopic (exact) mass is 390 g/mol. The van der Waals surface area contributed by atoms with Crippen LogP contribution in [0.5, 0.6) is 0 Å². The molecule has 0 saturated heterocycles. The number of hydrogen-bond acceptors (Lipinski definition) is 7. The largest absolute Gasteiger partial charge is 0.453 e. The highest BCUT2D eigenvalue weighted by molar-refractivity contribution is 7.99.